The fraction of sp³-hybridized carbons (Fsp3) is 0.571. The van der Waals surface area contributed by atoms with Gasteiger partial charge in [-0.3, -0.25) is 4.79 Å². The zero-order valence-corrected chi connectivity index (χ0v) is 8.25. The van der Waals surface area contributed by atoms with E-state index < -0.39 is 0 Å². The summed E-state index contributed by atoms with van der Waals surface area (Å²) in [4.78, 5) is 12.7. The molecule has 1 amide bonds. The molecule has 0 fully saturated rings. The van der Waals surface area contributed by atoms with Crippen LogP contribution in [-0.2, 0) is 4.79 Å². The number of hydrogen-bond acceptors (Lipinski definition) is 1. The quantitative estimate of drug-likeness (QED) is 0.472. The Bertz CT molecular complexity index is 186. The largest absolute Gasteiger partial charge is 0.322 e. The molecule has 1 aliphatic heterocycles. The van der Waals surface area contributed by atoms with Crippen LogP contribution in [0.5, 0.6) is 0 Å². The van der Waals surface area contributed by atoms with E-state index in [9.17, 15) is 4.79 Å². The fourth-order valence-corrected chi connectivity index (χ4v) is 1.32. The summed E-state index contributed by atoms with van der Waals surface area (Å²) in [6.45, 7) is 2.05. The van der Waals surface area contributed by atoms with Gasteiger partial charge in [0.15, 0.2) is 0 Å². The van der Waals surface area contributed by atoms with Crippen LogP contribution < -0.4 is 0 Å². The van der Waals surface area contributed by atoms with Crippen molar-refractivity contribution in [2.45, 2.75) is 16.8 Å². The van der Waals surface area contributed by atoms with Gasteiger partial charge in [0, 0.05) is 23.1 Å². The second-order valence-electron chi connectivity index (χ2n) is 2.78. The molecule has 0 saturated carbocycles. The summed E-state index contributed by atoms with van der Waals surface area (Å²) in [5.74, 6) is 0.194. The van der Waals surface area contributed by atoms with E-state index in [0.717, 1.165) is 0 Å². The summed E-state index contributed by atoms with van der Waals surface area (Å²) in [6.07, 6.45) is 4.49. The van der Waals surface area contributed by atoms with Crippen LogP contribution in [-0.4, -0.2) is 21.3 Å². The third kappa shape index (κ3) is 1.71. The van der Waals surface area contributed by atoms with Crippen molar-refractivity contribution in [3.05, 3.63) is 12.3 Å². The summed E-state index contributed by atoms with van der Waals surface area (Å²) >= 11 is 2.28. The second kappa shape index (κ2) is 2.53. The van der Waals surface area contributed by atoms with Crippen molar-refractivity contribution in [3.8, 4) is 0 Å². The van der Waals surface area contributed by atoms with Crippen LogP contribution in [0, 0.1) is 0 Å². The van der Waals surface area contributed by atoms with Gasteiger partial charge < -0.3 is 4.90 Å². The van der Waals surface area contributed by atoms with E-state index in [1.165, 1.54) is 0 Å². The normalized spacial score (nSPS) is 33.1. The van der Waals surface area contributed by atoms with E-state index in [4.69, 9.17) is 0 Å². The molecule has 1 atom stereocenters. The zero-order chi connectivity index (χ0) is 7.78. The molecule has 0 aliphatic carbocycles. The molecule has 0 bridgehead atoms. The van der Waals surface area contributed by atoms with Crippen LogP contribution in [0.25, 0.3) is 0 Å². The Labute approximate surface area is 74.4 Å². The number of allylic oxidation sites excluding steroid dienone is 1. The number of rotatable bonds is 0. The number of carbonyl (C=O) groups excluding carboxylic acids is 1. The van der Waals surface area contributed by atoms with Crippen molar-refractivity contribution in [2.75, 3.05) is 7.05 Å². The molecule has 0 saturated heterocycles. The van der Waals surface area contributed by atoms with Crippen molar-refractivity contribution in [2.24, 2.45) is 0 Å². The molecule has 0 aromatic heterocycles. The number of hydrogen-bond donors (Lipinski definition) is 0. The van der Waals surface area contributed by atoms with Gasteiger partial charge in [-0.1, -0.05) is 28.7 Å². The van der Waals surface area contributed by atoms with E-state index in [1.54, 1.807) is 11.9 Å². The Hall–Kier alpha value is -0.0600. The number of amides is 1. The van der Waals surface area contributed by atoms with Crippen LogP contribution in [0.15, 0.2) is 12.3 Å². The Morgan fingerprint density at radius 3 is 2.80 bits per heavy atom. The summed E-state index contributed by atoms with van der Waals surface area (Å²) in [5.41, 5.74) is 0. The molecule has 1 unspecified atom stereocenters. The monoisotopic (exact) mass is 251 g/mol. The van der Waals surface area contributed by atoms with Crippen molar-refractivity contribution < 1.29 is 4.79 Å². The lowest BCUT2D eigenvalue weighted by Crippen LogP contribution is -2.32. The molecule has 0 aromatic carbocycles. The van der Waals surface area contributed by atoms with Crippen LogP contribution >= 0.6 is 22.6 Å². The third-order valence-corrected chi connectivity index (χ3v) is 2.28. The maximum absolute atomic E-state index is 11.1. The predicted molar refractivity (Wildman–Crippen MR) is 49.0 cm³/mol. The lowest BCUT2D eigenvalue weighted by Gasteiger charge is -2.26. The average Bonchev–Trinajstić information content (AvgIpc) is 1.79. The Morgan fingerprint density at radius 1 is 1.80 bits per heavy atom. The van der Waals surface area contributed by atoms with E-state index in [2.05, 4.69) is 35.6 Å². The molecule has 3 heteroatoms. The van der Waals surface area contributed by atoms with Crippen molar-refractivity contribution in [3.63, 3.8) is 0 Å². The minimum Gasteiger partial charge on any atom is -0.322 e. The van der Waals surface area contributed by atoms with Gasteiger partial charge in [0.25, 0.3) is 0 Å². The SMILES string of the molecule is CN1C=CC(C)(I)CC1=O. The first-order chi connectivity index (χ1) is 4.51. The molecular formula is C7H10INO. The molecule has 0 aromatic rings. The Morgan fingerprint density at radius 2 is 2.40 bits per heavy atom. The first-order valence-corrected chi connectivity index (χ1v) is 4.23. The molecular weight excluding hydrogens is 241 g/mol. The Balaban J connectivity index is 2.79. The summed E-state index contributed by atoms with van der Waals surface area (Å²) in [7, 11) is 1.78. The zero-order valence-electron chi connectivity index (χ0n) is 6.10. The second-order valence-corrected chi connectivity index (χ2v) is 5.24. The van der Waals surface area contributed by atoms with Gasteiger partial charge in [0.1, 0.15) is 0 Å². The standard InChI is InChI=1S/C7H10INO/c1-7(8)3-4-9(2)6(10)5-7/h3-4H,5H2,1-2H3. The van der Waals surface area contributed by atoms with Gasteiger partial charge in [0.05, 0.1) is 0 Å². The van der Waals surface area contributed by atoms with Crippen molar-refractivity contribution in [1.29, 1.82) is 0 Å². The van der Waals surface area contributed by atoms with Gasteiger partial charge in [-0.15, -0.1) is 0 Å². The molecule has 2 nitrogen and oxygen atoms in total. The molecule has 0 N–H and O–H groups in total. The highest BCUT2D eigenvalue weighted by Gasteiger charge is 2.26. The summed E-state index contributed by atoms with van der Waals surface area (Å²) in [6, 6.07) is 0. The topological polar surface area (TPSA) is 20.3 Å². The van der Waals surface area contributed by atoms with Crippen molar-refractivity contribution >= 4 is 28.5 Å². The first kappa shape index (κ1) is 8.04. The van der Waals surface area contributed by atoms with Crippen molar-refractivity contribution in [1.82, 2.24) is 4.90 Å². The van der Waals surface area contributed by atoms with Crippen LogP contribution in [0.3, 0.4) is 0 Å². The molecule has 1 rings (SSSR count). The van der Waals surface area contributed by atoms with Gasteiger partial charge in [0.2, 0.25) is 5.91 Å². The van der Waals surface area contributed by atoms with Gasteiger partial charge in [-0.05, 0) is 6.92 Å². The number of halogens is 1. The highest BCUT2D eigenvalue weighted by atomic mass is 127. The van der Waals surface area contributed by atoms with E-state index in [1.807, 2.05) is 6.20 Å². The maximum Gasteiger partial charge on any atom is 0.227 e. The molecule has 1 aliphatic rings. The van der Waals surface area contributed by atoms with Gasteiger partial charge >= 0.3 is 0 Å². The van der Waals surface area contributed by atoms with Gasteiger partial charge in [-0.25, -0.2) is 0 Å². The molecule has 0 radical (unpaired) electrons. The number of carbonyl (C=O) groups is 1. The molecule has 0 spiro atoms. The molecule has 1 heterocycles. The predicted octanol–water partition coefficient (Wildman–Crippen LogP) is 1.56. The average molecular weight is 251 g/mol. The minimum atomic E-state index is 0.0291. The van der Waals surface area contributed by atoms with E-state index >= 15 is 0 Å². The molecule has 10 heavy (non-hydrogen) atoms. The van der Waals surface area contributed by atoms with Crippen LogP contribution in [0.2, 0.25) is 0 Å². The van der Waals surface area contributed by atoms with Crippen LogP contribution in [0.4, 0.5) is 0 Å². The highest BCUT2D eigenvalue weighted by Crippen LogP contribution is 2.28. The minimum absolute atomic E-state index is 0.0291. The van der Waals surface area contributed by atoms with Crippen LogP contribution in [0.1, 0.15) is 13.3 Å². The summed E-state index contributed by atoms with van der Waals surface area (Å²) < 4.78 is 0.0291. The third-order valence-electron chi connectivity index (χ3n) is 1.54. The van der Waals surface area contributed by atoms with E-state index in [-0.39, 0.29) is 9.33 Å². The summed E-state index contributed by atoms with van der Waals surface area (Å²) in [5, 5.41) is 0. The first-order valence-electron chi connectivity index (χ1n) is 3.15. The van der Waals surface area contributed by atoms with Gasteiger partial charge in [-0.2, -0.15) is 0 Å². The highest BCUT2D eigenvalue weighted by molar-refractivity contribution is 14.1. The lowest BCUT2D eigenvalue weighted by molar-refractivity contribution is -0.128. The smallest absolute Gasteiger partial charge is 0.227 e. The molecule has 56 valence electrons. The lowest BCUT2D eigenvalue weighted by atomic mass is 10.0. The fourth-order valence-electron chi connectivity index (χ4n) is 0.830. The maximum atomic E-state index is 11.1. The van der Waals surface area contributed by atoms with E-state index in [0.29, 0.717) is 6.42 Å². The number of nitrogens with zero attached hydrogens (tertiary/aromatic N) is 1. The number of alkyl halides is 1. The Kier molecular flexibility index (Phi) is 2.03.